The molecule has 2 heteroatoms. The van der Waals surface area contributed by atoms with Crippen LogP contribution in [0.3, 0.4) is 0 Å². The summed E-state index contributed by atoms with van der Waals surface area (Å²) in [5.74, 6) is 0.0246. The summed E-state index contributed by atoms with van der Waals surface area (Å²) >= 11 is 0. The van der Waals surface area contributed by atoms with Crippen LogP contribution >= 0.6 is 0 Å². The molecular weight excluding hydrogens is 282 g/mol. The van der Waals surface area contributed by atoms with Crippen LogP contribution in [0, 0.1) is 0 Å². The van der Waals surface area contributed by atoms with Gasteiger partial charge < -0.3 is 4.90 Å². The lowest BCUT2D eigenvalue weighted by atomic mass is 10.0. The number of carbonyl (C=O) groups is 1. The van der Waals surface area contributed by atoms with Crippen molar-refractivity contribution in [1.82, 2.24) is 0 Å². The number of allylic oxidation sites excluding steroid dienone is 1. The quantitative estimate of drug-likeness (QED) is 0.584. The Balaban J connectivity index is 1.85. The summed E-state index contributed by atoms with van der Waals surface area (Å²) in [4.78, 5) is 14.7. The molecule has 1 amide bonds. The molecular formula is C21H21NO. The van der Waals surface area contributed by atoms with Gasteiger partial charge in [0.25, 0.3) is 5.91 Å². The van der Waals surface area contributed by atoms with Crippen LogP contribution in [0.5, 0.6) is 0 Å². The number of nitrogens with zero attached hydrogens (tertiary/aromatic N) is 1. The van der Waals surface area contributed by atoms with Crippen LogP contribution in [-0.2, 0) is 4.79 Å². The highest BCUT2D eigenvalue weighted by molar-refractivity contribution is 6.04. The summed E-state index contributed by atoms with van der Waals surface area (Å²) in [6, 6.07) is 20.0. The number of carbonyl (C=O) groups excluding carboxylic acids is 1. The monoisotopic (exact) mass is 303 g/mol. The second-order valence-corrected chi connectivity index (χ2v) is 5.71. The van der Waals surface area contributed by atoms with Gasteiger partial charge in [-0.1, -0.05) is 60.7 Å². The number of hydrogen-bond donors (Lipinski definition) is 0. The zero-order chi connectivity index (χ0) is 15.9. The molecule has 116 valence electrons. The fourth-order valence-corrected chi connectivity index (χ4v) is 2.89. The molecule has 0 N–H and O–H groups in total. The van der Waals surface area contributed by atoms with Crippen LogP contribution in [0.15, 0.2) is 78.9 Å². The minimum absolute atomic E-state index is 0.0246. The zero-order valence-corrected chi connectivity index (χ0v) is 13.1. The molecule has 0 fully saturated rings. The molecule has 1 aliphatic carbocycles. The van der Waals surface area contributed by atoms with E-state index in [1.165, 1.54) is 0 Å². The van der Waals surface area contributed by atoms with Gasteiger partial charge in [0, 0.05) is 11.8 Å². The third kappa shape index (κ3) is 3.98. The van der Waals surface area contributed by atoms with E-state index in [1.807, 2.05) is 71.6 Å². The van der Waals surface area contributed by atoms with Crippen LogP contribution in [-0.4, -0.2) is 11.9 Å². The summed E-state index contributed by atoms with van der Waals surface area (Å²) in [6.07, 6.45) is 11.1. The number of benzene rings is 2. The molecule has 0 saturated heterocycles. The number of amides is 1. The fraction of sp³-hybridized carbons (Fsp3) is 0.190. The van der Waals surface area contributed by atoms with E-state index in [1.54, 1.807) is 6.08 Å². The lowest BCUT2D eigenvalue weighted by molar-refractivity contribution is -0.114. The summed E-state index contributed by atoms with van der Waals surface area (Å²) in [6.45, 7) is 0. The van der Waals surface area contributed by atoms with E-state index in [4.69, 9.17) is 0 Å². The second kappa shape index (κ2) is 7.59. The van der Waals surface area contributed by atoms with Gasteiger partial charge in [-0.2, -0.15) is 0 Å². The highest BCUT2D eigenvalue weighted by atomic mass is 16.2. The third-order valence-corrected chi connectivity index (χ3v) is 4.05. The lowest BCUT2D eigenvalue weighted by Crippen LogP contribution is -2.39. The van der Waals surface area contributed by atoms with E-state index in [0.717, 1.165) is 30.5 Å². The molecule has 0 spiro atoms. The summed E-state index contributed by atoms with van der Waals surface area (Å²) in [5, 5.41) is 0. The fourth-order valence-electron chi connectivity index (χ4n) is 2.89. The van der Waals surface area contributed by atoms with Gasteiger partial charge in [-0.15, -0.1) is 0 Å². The first-order valence-electron chi connectivity index (χ1n) is 8.12. The Morgan fingerprint density at radius 1 is 1.00 bits per heavy atom. The number of rotatable bonds is 4. The van der Waals surface area contributed by atoms with Gasteiger partial charge in [-0.05, 0) is 43.0 Å². The molecule has 23 heavy (non-hydrogen) atoms. The average molecular weight is 303 g/mol. The van der Waals surface area contributed by atoms with Crippen LogP contribution < -0.4 is 4.90 Å². The highest BCUT2D eigenvalue weighted by Crippen LogP contribution is 2.24. The molecule has 0 aliphatic heterocycles. The Hall–Kier alpha value is -2.61. The SMILES string of the molecule is O=C(/C=C/c1ccccc1)N(c1ccccc1)C1C=CCCC1. The highest BCUT2D eigenvalue weighted by Gasteiger charge is 2.22. The Morgan fingerprint density at radius 2 is 1.70 bits per heavy atom. The van der Waals surface area contributed by atoms with E-state index in [-0.39, 0.29) is 11.9 Å². The molecule has 1 atom stereocenters. The predicted octanol–water partition coefficient (Wildman–Crippen LogP) is 4.84. The van der Waals surface area contributed by atoms with Crippen molar-refractivity contribution in [3.05, 3.63) is 84.5 Å². The Morgan fingerprint density at radius 3 is 2.35 bits per heavy atom. The van der Waals surface area contributed by atoms with Crippen LogP contribution in [0.4, 0.5) is 5.69 Å². The Kier molecular flexibility index (Phi) is 5.05. The number of para-hydroxylation sites is 1. The maximum Gasteiger partial charge on any atom is 0.251 e. The number of anilines is 1. The maximum absolute atomic E-state index is 12.8. The van der Waals surface area contributed by atoms with Gasteiger partial charge >= 0.3 is 0 Å². The molecule has 2 aromatic carbocycles. The van der Waals surface area contributed by atoms with Crippen molar-refractivity contribution in [2.24, 2.45) is 0 Å². The first-order valence-corrected chi connectivity index (χ1v) is 8.12. The van der Waals surface area contributed by atoms with Gasteiger partial charge in [0.15, 0.2) is 0 Å². The molecule has 3 rings (SSSR count). The van der Waals surface area contributed by atoms with Crippen molar-refractivity contribution in [2.75, 3.05) is 4.90 Å². The van der Waals surface area contributed by atoms with Crippen LogP contribution in [0.25, 0.3) is 6.08 Å². The zero-order valence-electron chi connectivity index (χ0n) is 13.1. The minimum atomic E-state index is 0.0246. The predicted molar refractivity (Wildman–Crippen MR) is 96.2 cm³/mol. The average Bonchev–Trinajstić information content (AvgIpc) is 2.63. The summed E-state index contributed by atoms with van der Waals surface area (Å²) in [5.41, 5.74) is 1.99. The molecule has 1 unspecified atom stereocenters. The third-order valence-electron chi connectivity index (χ3n) is 4.05. The topological polar surface area (TPSA) is 20.3 Å². The smallest absolute Gasteiger partial charge is 0.251 e. The molecule has 2 nitrogen and oxygen atoms in total. The van der Waals surface area contributed by atoms with Crippen molar-refractivity contribution >= 4 is 17.7 Å². The van der Waals surface area contributed by atoms with Gasteiger partial charge in [-0.25, -0.2) is 0 Å². The molecule has 0 aromatic heterocycles. The summed E-state index contributed by atoms with van der Waals surface area (Å²) < 4.78 is 0. The molecule has 0 radical (unpaired) electrons. The van der Waals surface area contributed by atoms with Gasteiger partial charge in [0.1, 0.15) is 0 Å². The normalized spacial score (nSPS) is 17.3. The van der Waals surface area contributed by atoms with Crippen molar-refractivity contribution in [1.29, 1.82) is 0 Å². The molecule has 0 saturated carbocycles. The van der Waals surface area contributed by atoms with Crippen molar-refractivity contribution < 1.29 is 4.79 Å². The van der Waals surface area contributed by atoms with Gasteiger partial charge in [0.2, 0.25) is 0 Å². The van der Waals surface area contributed by atoms with Crippen molar-refractivity contribution in [3.63, 3.8) is 0 Å². The molecule has 0 bridgehead atoms. The van der Waals surface area contributed by atoms with E-state index >= 15 is 0 Å². The van der Waals surface area contributed by atoms with E-state index in [2.05, 4.69) is 12.2 Å². The maximum atomic E-state index is 12.8. The summed E-state index contributed by atoms with van der Waals surface area (Å²) in [7, 11) is 0. The molecule has 1 aliphatic rings. The number of hydrogen-bond acceptors (Lipinski definition) is 1. The first-order chi connectivity index (χ1) is 11.3. The van der Waals surface area contributed by atoms with E-state index in [0.29, 0.717) is 0 Å². The Labute approximate surface area is 137 Å². The molecule has 0 heterocycles. The van der Waals surface area contributed by atoms with E-state index in [9.17, 15) is 4.79 Å². The minimum Gasteiger partial charge on any atom is -0.302 e. The van der Waals surface area contributed by atoms with Crippen molar-refractivity contribution in [3.8, 4) is 0 Å². The van der Waals surface area contributed by atoms with Crippen molar-refractivity contribution in [2.45, 2.75) is 25.3 Å². The largest absolute Gasteiger partial charge is 0.302 e. The van der Waals surface area contributed by atoms with Crippen LogP contribution in [0.1, 0.15) is 24.8 Å². The van der Waals surface area contributed by atoms with Crippen LogP contribution in [0.2, 0.25) is 0 Å². The standard InChI is InChI=1S/C21H21NO/c23-21(17-16-18-10-4-1-5-11-18)22(19-12-6-2-7-13-19)20-14-8-3-9-15-20/h1-2,4-8,10-14,16-17,20H,3,9,15H2/b17-16+. The van der Waals surface area contributed by atoms with Gasteiger partial charge in [-0.3, -0.25) is 4.79 Å². The molecule has 2 aromatic rings. The van der Waals surface area contributed by atoms with Gasteiger partial charge in [0.05, 0.1) is 6.04 Å². The Bertz CT molecular complexity index is 688. The van der Waals surface area contributed by atoms with E-state index < -0.39 is 0 Å². The second-order valence-electron chi connectivity index (χ2n) is 5.71. The lowest BCUT2D eigenvalue weighted by Gasteiger charge is -2.30. The first kappa shape index (κ1) is 15.3.